The first kappa shape index (κ1) is 23.6. The number of nitrogens with one attached hydrogen (secondary N) is 1. The Hall–Kier alpha value is -3.59. The maximum atomic E-state index is 4.56. The predicted molar refractivity (Wildman–Crippen MR) is 145 cm³/mol. The van der Waals surface area contributed by atoms with E-state index in [1.165, 1.54) is 28.7 Å². The van der Waals surface area contributed by atoms with Crippen LogP contribution in [0, 0.1) is 0 Å². The minimum absolute atomic E-state index is 0.413. The van der Waals surface area contributed by atoms with Crippen LogP contribution in [-0.4, -0.2) is 36.5 Å². The number of benzene rings is 2. The van der Waals surface area contributed by atoms with Crippen molar-refractivity contribution >= 4 is 5.96 Å². The Morgan fingerprint density at radius 1 is 1.06 bits per heavy atom. The van der Waals surface area contributed by atoms with Crippen LogP contribution in [0.3, 0.4) is 0 Å². The molecule has 2 atom stereocenters. The van der Waals surface area contributed by atoms with Crippen molar-refractivity contribution in [2.24, 2.45) is 4.99 Å². The maximum Gasteiger partial charge on any atom is 0.194 e. The van der Waals surface area contributed by atoms with Gasteiger partial charge in [-0.05, 0) is 41.5 Å². The number of allylic oxidation sites excluding steroid dienone is 7. The molecule has 0 radical (unpaired) electrons. The van der Waals surface area contributed by atoms with Crippen molar-refractivity contribution in [2.75, 3.05) is 19.6 Å². The second-order valence-corrected chi connectivity index (χ2v) is 8.82. The Balaban J connectivity index is 0.000000182. The third-order valence-corrected chi connectivity index (χ3v) is 6.45. The molecule has 0 aromatic heterocycles. The molecular weight excluding hydrogens is 414 g/mol. The number of rotatable bonds is 7. The van der Waals surface area contributed by atoms with E-state index >= 15 is 0 Å². The highest BCUT2D eigenvalue weighted by Crippen LogP contribution is 2.33. The van der Waals surface area contributed by atoms with Crippen LogP contribution in [0.2, 0.25) is 0 Å². The van der Waals surface area contributed by atoms with Gasteiger partial charge in [-0.3, -0.25) is 4.99 Å². The van der Waals surface area contributed by atoms with Gasteiger partial charge >= 0.3 is 0 Å². The lowest BCUT2D eigenvalue weighted by Gasteiger charge is -2.26. The van der Waals surface area contributed by atoms with E-state index in [4.69, 9.17) is 0 Å². The van der Waals surface area contributed by atoms with Gasteiger partial charge in [-0.15, -0.1) is 0 Å². The summed E-state index contributed by atoms with van der Waals surface area (Å²) < 4.78 is 0. The number of hydrogen-bond acceptors (Lipinski definition) is 3. The Kier molecular flexibility index (Phi) is 8.34. The maximum absolute atomic E-state index is 4.56. The largest absolute Gasteiger partial charge is 0.351 e. The van der Waals surface area contributed by atoms with Gasteiger partial charge in [-0.1, -0.05) is 110 Å². The van der Waals surface area contributed by atoms with E-state index in [1.54, 1.807) is 6.08 Å². The van der Waals surface area contributed by atoms with E-state index in [0.717, 1.165) is 38.4 Å². The highest BCUT2D eigenvalue weighted by atomic mass is 15.4. The van der Waals surface area contributed by atoms with E-state index < -0.39 is 0 Å². The predicted octanol–water partition coefficient (Wildman–Crippen LogP) is 6.22. The molecule has 3 heteroatoms. The first-order valence-electron chi connectivity index (χ1n) is 12.2. The number of fused-ring (bicyclic) bond motifs is 1. The molecule has 0 spiro atoms. The van der Waals surface area contributed by atoms with E-state index in [9.17, 15) is 0 Å². The highest BCUT2D eigenvalue weighted by Gasteiger charge is 2.36. The second kappa shape index (κ2) is 12.0. The van der Waals surface area contributed by atoms with Gasteiger partial charge < -0.3 is 10.2 Å². The van der Waals surface area contributed by atoms with Gasteiger partial charge in [0.25, 0.3) is 0 Å². The van der Waals surface area contributed by atoms with Gasteiger partial charge in [0.05, 0.1) is 12.6 Å². The molecule has 5 rings (SSSR count). The summed E-state index contributed by atoms with van der Waals surface area (Å²) >= 11 is 0. The fraction of sp³-hybridized carbons (Fsp3) is 0.258. The van der Waals surface area contributed by atoms with Crippen LogP contribution in [0.1, 0.15) is 29.9 Å². The Morgan fingerprint density at radius 3 is 2.47 bits per heavy atom. The molecule has 174 valence electrons. The van der Waals surface area contributed by atoms with Gasteiger partial charge in [0.15, 0.2) is 5.96 Å². The first-order valence-corrected chi connectivity index (χ1v) is 12.2. The molecule has 2 aromatic rings. The third kappa shape index (κ3) is 6.05. The third-order valence-electron chi connectivity index (χ3n) is 6.45. The summed E-state index contributed by atoms with van der Waals surface area (Å²) in [5, 5.41) is 3.65. The summed E-state index contributed by atoms with van der Waals surface area (Å²) in [5.41, 5.74) is 5.35. The Morgan fingerprint density at radius 2 is 1.82 bits per heavy atom. The van der Waals surface area contributed by atoms with Crippen LogP contribution in [0.5, 0.6) is 0 Å². The average Bonchev–Trinajstić information content (AvgIpc) is 3.49. The minimum Gasteiger partial charge on any atom is -0.351 e. The minimum atomic E-state index is 0.413. The molecule has 0 amide bonds. The van der Waals surface area contributed by atoms with Crippen molar-refractivity contribution in [1.82, 2.24) is 10.2 Å². The Bertz CT molecular complexity index is 1080. The molecule has 3 aliphatic rings. The zero-order valence-corrected chi connectivity index (χ0v) is 19.9. The summed E-state index contributed by atoms with van der Waals surface area (Å²) in [6, 6.07) is 21.6. The molecule has 1 saturated heterocycles. The molecule has 2 aliphatic heterocycles. The van der Waals surface area contributed by atoms with Gasteiger partial charge in [0.1, 0.15) is 0 Å². The van der Waals surface area contributed by atoms with E-state index in [-0.39, 0.29) is 0 Å². The fourth-order valence-corrected chi connectivity index (χ4v) is 4.80. The lowest BCUT2D eigenvalue weighted by molar-refractivity contribution is 0.439. The summed E-state index contributed by atoms with van der Waals surface area (Å²) in [4.78, 5) is 6.95. The monoisotopic (exact) mass is 449 g/mol. The molecule has 1 N–H and O–H groups in total. The lowest BCUT2D eigenvalue weighted by Crippen LogP contribution is -2.34. The first-order chi connectivity index (χ1) is 16.8. The van der Waals surface area contributed by atoms with Crippen molar-refractivity contribution in [3.63, 3.8) is 0 Å². The summed E-state index contributed by atoms with van der Waals surface area (Å²) in [6.07, 6.45) is 15.9. The van der Waals surface area contributed by atoms with Crippen molar-refractivity contribution < 1.29 is 0 Å². The number of nitrogens with zero attached hydrogens (tertiary/aromatic N) is 2. The zero-order valence-electron chi connectivity index (χ0n) is 19.9. The molecule has 2 aromatic carbocycles. The molecule has 0 saturated carbocycles. The van der Waals surface area contributed by atoms with Crippen molar-refractivity contribution in [2.45, 2.75) is 31.2 Å². The molecule has 3 nitrogen and oxygen atoms in total. The smallest absolute Gasteiger partial charge is 0.194 e. The topological polar surface area (TPSA) is 27.6 Å². The lowest BCUT2D eigenvalue weighted by atomic mass is 9.82. The molecule has 2 heterocycles. The van der Waals surface area contributed by atoms with Crippen LogP contribution in [0.4, 0.5) is 0 Å². The summed E-state index contributed by atoms with van der Waals surface area (Å²) in [6.45, 7) is 10.5. The second-order valence-electron chi connectivity index (χ2n) is 8.82. The highest BCUT2D eigenvalue weighted by molar-refractivity contribution is 5.84. The van der Waals surface area contributed by atoms with Crippen molar-refractivity contribution in [3.05, 3.63) is 133 Å². The normalized spacial score (nSPS) is 19.7. The fourth-order valence-electron chi connectivity index (χ4n) is 4.80. The van der Waals surface area contributed by atoms with Crippen LogP contribution in [-0.2, 0) is 6.42 Å². The molecular formula is C31H35N3. The van der Waals surface area contributed by atoms with E-state index in [0.29, 0.717) is 12.0 Å². The summed E-state index contributed by atoms with van der Waals surface area (Å²) in [5.74, 6) is 1.51. The molecule has 34 heavy (non-hydrogen) atoms. The van der Waals surface area contributed by atoms with Crippen LogP contribution in [0.15, 0.2) is 126 Å². The van der Waals surface area contributed by atoms with Crippen LogP contribution in [0.25, 0.3) is 0 Å². The summed E-state index contributed by atoms with van der Waals surface area (Å²) in [7, 11) is 0. The number of aliphatic imine (C=N–C) groups is 1. The SMILES string of the molecule is C1=CC(C(c2ccccc2)C2CN3CCN=C3N2)=CCC1.C=C/C=C(\C=C)Cc1ccccc1. The van der Waals surface area contributed by atoms with Crippen molar-refractivity contribution in [1.29, 1.82) is 0 Å². The van der Waals surface area contributed by atoms with E-state index in [1.807, 2.05) is 30.4 Å². The van der Waals surface area contributed by atoms with Crippen molar-refractivity contribution in [3.8, 4) is 0 Å². The van der Waals surface area contributed by atoms with E-state index in [2.05, 4.69) is 89.1 Å². The average molecular weight is 450 g/mol. The quantitative estimate of drug-likeness (QED) is 0.508. The Labute approximate surface area is 204 Å². The molecule has 1 fully saturated rings. The van der Waals surface area contributed by atoms with Gasteiger partial charge in [-0.2, -0.15) is 0 Å². The standard InChI is InChI=1S/C18H21N3.C13H14/c1-3-7-14(8-4-1)17(15-9-5-2-6-10-15)16-13-21-12-11-19-18(21)20-16;1-3-8-12(4-2)11-13-9-6-5-7-10-13/h1,3-5,7-10,16-17H,2,6,11-13H2,(H,19,20);3-10H,1-2,11H2/b;12-8+. The van der Waals surface area contributed by atoms with Crippen LogP contribution < -0.4 is 5.32 Å². The molecule has 2 unspecified atom stereocenters. The number of hydrogen-bond donors (Lipinski definition) is 1. The van der Waals surface area contributed by atoms with Crippen LogP contribution >= 0.6 is 0 Å². The zero-order chi connectivity index (χ0) is 23.6. The number of guanidine groups is 1. The van der Waals surface area contributed by atoms with Gasteiger partial charge in [-0.25, -0.2) is 0 Å². The molecule has 1 aliphatic carbocycles. The molecule has 0 bridgehead atoms. The van der Waals surface area contributed by atoms with Gasteiger partial charge in [0.2, 0.25) is 0 Å². The van der Waals surface area contributed by atoms with Gasteiger partial charge in [0, 0.05) is 19.0 Å².